The van der Waals surface area contributed by atoms with E-state index in [1.54, 1.807) is 7.11 Å². The summed E-state index contributed by atoms with van der Waals surface area (Å²) in [6.07, 6.45) is 3.11. The Morgan fingerprint density at radius 3 is 2.40 bits per heavy atom. The minimum absolute atomic E-state index is 0.359. The molecule has 0 spiro atoms. The lowest BCUT2D eigenvalue weighted by atomic mass is 10.1. The van der Waals surface area contributed by atoms with Gasteiger partial charge in [-0.3, -0.25) is 0 Å². The van der Waals surface area contributed by atoms with Crippen molar-refractivity contribution >= 4 is 0 Å². The maximum Gasteiger partial charge on any atom is 0.0698 e. The molecule has 10 heavy (non-hydrogen) atoms. The van der Waals surface area contributed by atoms with E-state index >= 15 is 0 Å². The van der Waals surface area contributed by atoms with Gasteiger partial charge in [0.15, 0.2) is 0 Å². The molecule has 2 heteroatoms. The second-order valence-corrected chi connectivity index (χ2v) is 3.09. The highest BCUT2D eigenvalue weighted by Gasteiger charge is 2.33. The molecule has 0 aromatic rings. The zero-order chi connectivity index (χ0) is 7.56. The van der Waals surface area contributed by atoms with Crippen LogP contribution in [-0.4, -0.2) is 26.3 Å². The first-order chi connectivity index (χ1) is 4.79. The van der Waals surface area contributed by atoms with Crippen molar-refractivity contribution < 1.29 is 4.74 Å². The van der Waals surface area contributed by atoms with E-state index in [1.807, 2.05) is 7.05 Å². The van der Waals surface area contributed by atoms with Gasteiger partial charge in [0, 0.05) is 13.2 Å². The van der Waals surface area contributed by atoms with E-state index in [1.165, 1.54) is 12.8 Å². The van der Waals surface area contributed by atoms with Crippen molar-refractivity contribution in [2.75, 3.05) is 14.2 Å². The molecule has 1 aliphatic rings. The number of nitrogens with one attached hydrogen (secondary N) is 1. The molecule has 0 saturated heterocycles. The van der Waals surface area contributed by atoms with Crippen LogP contribution in [-0.2, 0) is 4.74 Å². The zero-order valence-electron chi connectivity index (χ0n) is 7.05. The summed E-state index contributed by atoms with van der Waals surface area (Å²) < 4.78 is 5.24. The summed E-state index contributed by atoms with van der Waals surface area (Å²) in [6.45, 7) is 2.12. The van der Waals surface area contributed by atoms with E-state index in [4.69, 9.17) is 4.74 Å². The monoisotopic (exact) mass is 143 g/mol. The zero-order valence-corrected chi connectivity index (χ0v) is 7.05. The quantitative estimate of drug-likeness (QED) is 0.634. The minimum atomic E-state index is 0.359. The standard InChI is InChI=1S/C8H17NO/c1-6(10-3)8(9-2)7-4-5-7/h6-9H,4-5H2,1-3H3. The van der Waals surface area contributed by atoms with Crippen LogP contribution in [0.15, 0.2) is 0 Å². The van der Waals surface area contributed by atoms with Gasteiger partial charge in [-0.2, -0.15) is 0 Å². The lowest BCUT2D eigenvalue weighted by Gasteiger charge is -2.21. The van der Waals surface area contributed by atoms with Crippen LogP contribution in [0.3, 0.4) is 0 Å². The van der Waals surface area contributed by atoms with E-state index in [-0.39, 0.29) is 0 Å². The average molecular weight is 143 g/mol. The largest absolute Gasteiger partial charge is 0.380 e. The van der Waals surface area contributed by atoms with Crippen LogP contribution in [0.25, 0.3) is 0 Å². The fourth-order valence-electron chi connectivity index (χ4n) is 1.46. The Morgan fingerprint density at radius 2 is 2.10 bits per heavy atom. The van der Waals surface area contributed by atoms with Gasteiger partial charge in [-0.1, -0.05) is 0 Å². The van der Waals surface area contributed by atoms with Crippen LogP contribution in [0.2, 0.25) is 0 Å². The molecular weight excluding hydrogens is 126 g/mol. The van der Waals surface area contributed by atoms with Crippen LogP contribution in [0.5, 0.6) is 0 Å². The van der Waals surface area contributed by atoms with E-state index in [2.05, 4.69) is 12.2 Å². The second-order valence-electron chi connectivity index (χ2n) is 3.09. The Morgan fingerprint density at radius 1 is 1.50 bits per heavy atom. The Balaban J connectivity index is 2.30. The summed E-state index contributed by atoms with van der Waals surface area (Å²) in [4.78, 5) is 0. The van der Waals surface area contributed by atoms with Crippen molar-refractivity contribution in [2.45, 2.75) is 31.9 Å². The molecular formula is C8H17NO. The third-order valence-corrected chi connectivity index (χ3v) is 2.34. The fourth-order valence-corrected chi connectivity index (χ4v) is 1.46. The molecule has 60 valence electrons. The topological polar surface area (TPSA) is 21.3 Å². The van der Waals surface area contributed by atoms with Crippen molar-refractivity contribution in [3.8, 4) is 0 Å². The summed E-state index contributed by atoms with van der Waals surface area (Å²) in [7, 11) is 3.79. The van der Waals surface area contributed by atoms with E-state index in [0.29, 0.717) is 12.1 Å². The van der Waals surface area contributed by atoms with Gasteiger partial charge in [0.1, 0.15) is 0 Å². The molecule has 1 saturated carbocycles. The maximum absolute atomic E-state index is 5.24. The molecule has 2 unspecified atom stereocenters. The van der Waals surface area contributed by atoms with Crippen molar-refractivity contribution in [3.63, 3.8) is 0 Å². The molecule has 0 amide bonds. The molecule has 0 bridgehead atoms. The first kappa shape index (κ1) is 8.02. The van der Waals surface area contributed by atoms with Crippen LogP contribution in [0, 0.1) is 5.92 Å². The van der Waals surface area contributed by atoms with Gasteiger partial charge in [-0.25, -0.2) is 0 Å². The Hall–Kier alpha value is -0.0800. The number of hydrogen-bond acceptors (Lipinski definition) is 2. The van der Waals surface area contributed by atoms with E-state index < -0.39 is 0 Å². The van der Waals surface area contributed by atoms with E-state index in [0.717, 1.165) is 5.92 Å². The maximum atomic E-state index is 5.24. The van der Waals surface area contributed by atoms with Crippen molar-refractivity contribution in [2.24, 2.45) is 5.92 Å². The molecule has 1 aliphatic carbocycles. The van der Waals surface area contributed by atoms with Gasteiger partial charge >= 0.3 is 0 Å². The highest BCUT2D eigenvalue weighted by Crippen LogP contribution is 2.34. The summed E-state index contributed by atoms with van der Waals surface area (Å²) in [5.41, 5.74) is 0. The molecule has 1 N–H and O–H groups in total. The highest BCUT2D eigenvalue weighted by molar-refractivity contribution is 4.89. The minimum Gasteiger partial charge on any atom is -0.380 e. The number of methoxy groups -OCH3 is 1. The first-order valence-electron chi connectivity index (χ1n) is 3.99. The van der Waals surface area contributed by atoms with Gasteiger partial charge in [0.2, 0.25) is 0 Å². The predicted octanol–water partition coefficient (Wildman–Crippen LogP) is 1.02. The van der Waals surface area contributed by atoms with Gasteiger partial charge < -0.3 is 10.1 Å². The van der Waals surface area contributed by atoms with Crippen LogP contribution in [0.1, 0.15) is 19.8 Å². The predicted molar refractivity (Wildman–Crippen MR) is 42.0 cm³/mol. The highest BCUT2D eigenvalue weighted by atomic mass is 16.5. The molecule has 0 aromatic carbocycles. The van der Waals surface area contributed by atoms with Gasteiger partial charge in [-0.15, -0.1) is 0 Å². The lowest BCUT2D eigenvalue weighted by molar-refractivity contribution is 0.0784. The number of ether oxygens (including phenoxy) is 1. The first-order valence-corrected chi connectivity index (χ1v) is 3.99. The fraction of sp³-hybridized carbons (Fsp3) is 1.00. The molecule has 0 radical (unpaired) electrons. The Bertz CT molecular complexity index is 101. The molecule has 1 rings (SSSR count). The molecule has 1 fully saturated rings. The van der Waals surface area contributed by atoms with Crippen molar-refractivity contribution in [1.82, 2.24) is 5.32 Å². The van der Waals surface area contributed by atoms with Crippen molar-refractivity contribution in [3.05, 3.63) is 0 Å². The van der Waals surface area contributed by atoms with Crippen LogP contribution < -0.4 is 5.32 Å². The molecule has 0 aliphatic heterocycles. The second kappa shape index (κ2) is 3.35. The molecule has 2 atom stereocenters. The number of likely N-dealkylation sites (N-methyl/N-ethyl adjacent to an activating group) is 1. The van der Waals surface area contributed by atoms with Crippen LogP contribution in [0.4, 0.5) is 0 Å². The Labute approximate surface area is 63.0 Å². The average Bonchev–Trinajstić information content (AvgIpc) is 2.73. The third kappa shape index (κ3) is 1.70. The summed E-state index contributed by atoms with van der Waals surface area (Å²) in [5, 5.41) is 3.29. The Kier molecular flexibility index (Phi) is 2.69. The SMILES string of the molecule is CNC(C1CC1)C(C)OC. The smallest absolute Gasteiger partial charge is 0.0698 e. The molecule has 2 nitrogen and oxygen atoms in total. The van der Waals surface area contributed by atoms with Crippen LogP contribution >= 0.6 is 0 Å². The third-order valence-electron chi connectivity index (χ3n) is 2.34. The van der Waals surface area contributed by atoms with E-state index in [9.17, 15) is 0 Å². The van der Waals surface area contributed by atoms with Gasteiger partial charge in [0.05, 0.1) is 6.10 Å². The lowest BCUT2D eigenvalue weighted by Crippen LogP contribution is -2.38. The molecule has 0 heterocycles. The number of hydrogen-bond donors (Lipinski definition) is 1. The van der Waals surface area contributed by atoms with Gasteiger partial charge in [0.25, 0.3) is 0 Å². The van der Waals surface area contributed by atoms with Crippen molar-refractivity contribution in [1.29, 1.82) is 0 Å². The summed E-state index contributed by atoms with van der Waals surface area (Å²) in [6, 6.07) is 0.574. The summed E-state index contributed by atoms with van der Waals surface area (Å²) in [5.74, 6) is 0.875. The number of rotatable bonds is 4. The normalized spacial score (nSPS) is 24.3. The molecule has 0 aromatic heterocycles. The van der Waals surface area contributed by atoms with Gasteiger partial charge in [-0.05, 0) is 32.7 Å². The summed E-state index contributed by atoms with van der Waals surface area (Å²) >= 11 is 0.